The summed E-state index contributed by atoms with van der Waals surface area (Å²) in [4.78, 5) is 0. The van der Waals surface area contributed by atoms with E-state index in [-0.39, 0.29) is 69.8 Å². The minimum Gasteiger partial charge on any atom is -1.00 e. The molecule has 0 spiro atoms. The van der Waals surface area contributed by atoms with Crippen molar-refractivity contribution in [2.24, 2.45) is 5.92 Å². The molecule has 0 nitrogen and oxygen atoms in total. The fraction of sp³-hybridized carbons (Fsp3) is 0.436. The van der Waals surface area contributed by atoms with Gasteiger partial charge in [-0.25, -0.2) is 5.57 Å². The van der Waals surface area contributed by atoms with Gasteiger partial charge in [-0.1, -0.05) is 160 Å². The van der Waals surface area contributed by atoms with Crippen LogP contribution in [-0.4, -0.2) is 8.07 Å². The van der Waals surface area contributed by atoms with Gasteiger partial charge in [0.2, 0.25) is 0 Å². The average Bonchev–Trinajstić information content (AvgIpc) is 3.32. The van der Waals surface area contributed by atoms with Crippen LogP contribution < -0.4 is 52.8 Å². The zero-order valence-electron chi connectivity index (χ0n) is 28.9. The molecule has 0 fully saturated rings. The Kier molecular flexibility index (Phi) is 15.8. The van der Waals surface area contributed by atoms with E-state index in [0.717, 1.165) is 12.8 Å². The number of benzene rings is 3. The molecular formula is C39H51Cl3SiTi. The van der Waals surface area contributed by atoms with Gasteiger partial charge in [-0.2, -0.15) is 11.3 Å². The molecule has 0 aromatic heterocycles. The third-order valence-electron chi connectivity index (χ3n) is 8.81. The van der Waals surface area contributed by atoms with E-state index in [9.17, 15) is 0 Å². The number of hydrogen-bond donors (Lipinski definition) is 0. The summed E-state index contributed by atoms with van der Waals surface area (Å²) in [7, 11) is -2.72. The molecule has 3 aromatic rings. The van der Waals surface area contributed by atoms with E-state index in [2.05, 4.69) is 150 Å². The van der Waals surface area contributed by atoms with Crippen LogP contribution in [0.5, 0.6) is 0 Å². The molecular weight excluding hydrogens is 651 g/mol. The second-order valence-corrected chi connectivity index (χ2v) is 18.3. The Hall–Kier alpha value is -1.06. The van der Waals surface area contributed by atoms with E-state index in [1.807, 2.05) is 0 Å². The summed E-state index contributed by atoms with van der Waals surface area (Å²) >= 11 is 0. The Labute approximate surface area is 304 Å². The Morgan fingerprint density at radius 2 is 1.00 bits per heavy atom. The minimum absolute atomic E-state index is 0. The van der Waals surface area contributed by atoms with Gasteiger partial charge >= 0.3 is 21.7 Å². The zero-order chi connectivity index (χ0) is 29.6. The van der Waals surface area contributed by atoms with Crippen LogP contribution in [0, 0.1) is 39.7 Å². The van der Waals surface area contributed by atoms with E-state index in [0.29, 0.717) is 5.92 Å². The normalized spacial score (nSPS) is 13.8. The van der Waals surface area contributed by atoms with Gasteiger partial charge in [0, 0.05) is 0 Å². The molecule has 0 radical (unpaired) electrons. The van der Waals surface area contributed by atoms with Crippen molar-refractivity contribution >= 4 is 23.6 Å². The predicted molar refractivity (Wildman–Crippen MR) is 179 cm³/mol. The molecule has 0 heterocycles. The van der Waals surface area contributed by atoms with E-state index in [4.69, 9.17) is 0 Å². The first-order chi connectivity index (χ1) is 18.6. The van der Waals surface area contributed by atoms with Crippen molar-refractivity contribution in [3.05, 3.63) is 111 Å². The Morgan fingerprint density at radius 1 is 0.636 bits per heavy atom. The molecule has 0 amide bonds. The maximum Gasteiger partial charge on any atom is 4.00 e. The SMILES string of the molecule is CCC(C)C1=[C-]CC=C1[Si](c1cc(C)cc(C)c1)(c1cc(C)cc(C)c1)c1cc(C(C)(C)C)cc(C(C)(C)C)c1.[Cl-].[Cl-].[Cl-].[Ti+4]. The zero-order valence-corrected chi connectivity index (χ0v) is 33.7. The van der Waals surface area contributed by atoms with Gasteiger partial charge in [-0.05, 0) is 49.7 Å². The van der Waals surface area contributed by atoms with Gasteiger partial charge in [0.15, 0.2) is 0 Å². The predicted octanol–water partition coefficient (Wildman–Crippen LogP) is -0.360. The summed E-state index contributed by atoms with van der Waals surface area (Å²) in [5.74, 6) is 0.477. The Balaban J connectivity index is 0.00000462. The fourth-order valence-electron chi connectivity index (χ4n) is 6.53. The summed E-state index contributed by atoms with van der Waals surface area (Å²) in [6.45, 7) is 28.0. The Bertz CT molecular complexity index is 1360. The molecule has 0 N–H and O–H groups in total. The molecule has 3 aromatic carbocycles. The van der Waals surface area contributed by atoms with Crippen LogP contribution in [0.15, 0.2) is 71.4 Å². The van der Waals surface area contributed by atoms with Gasteiger partial charge in [0.25, 0.3) is 0 Å². The first-order valence-corrected chi connectivity index (χ1v) is 17.2. The van der Waals surface area contributed by atoms with Gasteiger partial charge in [-0.3, -0.25) is 6.08 Å². The maximum atomic E-state index is 3.88. The largest absolute Gasteiger partial charge is 4.00 e. The first-order valence-electron chi connectivity index (χ1n) is 15.2. The van der Waals surface area contributed by atoms with Crippen molar-refractivity contribution < 1.29 is 58.9 Å². The summed E-state index contributed by atoms with van der Waals surface area (Å²) in [5, 5.41) is 6.06. The van der Waals surface area contributed by atoms with Crippen LogP contribution >= 0.6 is 0 Å². The molecule has 0 saturated carbocycles. The molecule has 5 heteroatoms. The summed E-state index contributed by atoms with van der Waals surface area (Å²) < 4.78 is 0. The van der Waals surface area contributed by atoms with Crippen LogP contribution in [0.3, 0.4) is 0 Å². The first kappa shape index (κ1) is 42.9. The summed E-state index contributed by atoms with van der Waals surface area (Å²) in [5.41, 5.74) is 9.78. The molecule has 1 aliphatic carbocycles. The third-order valence-corrected chi connectivity index (χ3v) is 13.6. The van der Waals surface area contributed by atoms with E-state index in [1.165, 1.54) is 54.5 Å². The van der Waals surface area contributed by atoms with Gasteiger partial charge < -0.3 is 37.2 Å². The van der Waals surface area contributed by atoms with Crippen molar-refractivity contribution in [1.82, 2.24) is 0 Å². The van der Waals surface area contributed by atoms with Crippen molar-refractivity contribution in [3.63, 3.8) is 0 Å². The standard InChI is InChI=1S/C39H51Si.3ClH.Ti/c1-13-30(6)36-15-14-16-37(36)40(33-19-26(2)17-27(3)20-33,34-21-28(4)18-29(5)22-34)35-24-31(38(7,8)9)23-32(25-35)39(10,11)12;;;;/h16-25,30H,13-14H2,1-12H3;3*1H;/q-1;;;;+4/p-3. The topological polar surface area (TPSA) is 0 Å². The molecule has 4 rings (SSSR count). The van der Waals surface area contributed by atoms with Crippen LogP contribution in [-0.2, 0) is 32.5 Å². The Morgan fingerprint density at radius 3 is 1.34 bits per heavy atom. The fourth-order valence-corrected chi connectivity index (χ4v) is 12.1. The van der Waals surface area contributed by atoms with Crippen LogP contribution in [0.4, 0.5) is 0 Å². The maximum absolute atomic E-state index is 3.88. The third kappa shape index (κ3) is 8.64. The van der Waals surface area contributed by atoms with Crippen molar-refractivity contribution in [2.45, 2.75) is 107 Å². The molecule has 1 atom stereocenters. The molecule has 236 valence electrons. The quantitative estimate of drug-likeness (QED) is 0.187. The van der Waals surface area contributed by atoms with Crippen molar-refractivity contribution in [3.8, 4) is 0 Å². The number of aryl methyl sites for hydroxylation is 4. The van der Waals surface area contributed by atoms with Crippen LogP contribution in [0.1, 0.15) is 102 Å². The van der Waals surface area contributed by atoms with E-state index >= 15 is 0 Å². The minimum atomic E-state index is -2.72. The van der Waals surface area contributed by atoms with Gasteiger partial charge in [-0.15, -0.1) is 6.42 Å². The van der Waals surface area contributed by atoms with Gasteiger partial charge in [0.1, 0.15) is 0 Å². The molecule has 44 heavy (non-hydrogen) atoms. The van der Waals surface area contributed by atoms with Gasteiger partial charge in [0.05, 0.1) is 8.07 Å². The molecule has 0 bridgehead atoms. The second kappa shape index (κ2) is 16.2. The van der Waals surface area contributed by atoms with Crippen molar-refractivity contribution in [2.75, 3.05) is 0 Å². The molecule has 1 unspecified atom stereocenters. The molecule has 0 saturated heterocycles. The number of halogens is 3. The van der Waals surface area contributed by atoms with Crippen LogP contribution in [0.2, 0.25) is 0 Å². The smallest absolute Gasteiger partial charge is 1.00 e. The molecule has 1 aliphatic rings. The van der Waals surface area contributed by atoms with Crippen molar-refractivity contribution in [1.29, 1.82) is 0 Å². The second-order valence-electron chi connectivity index (χ2n) is 14.5. The summed E-state index contributed by atoms with van der Waals surface area (Å²) in [6, 6.07) is 22.3. The number of rotatable bonds is 6. The van der Waals surface area contributed by atoms with E-state index < -0.39 is 8.07 Å². The summed E-state index contributed by atoms with van der Waals surface area (Å²) in [6.07, 6.45) is 8.46. The molecule has 0 aliphatic heterocycles. The van der Waals surface area contributed by atoms with E-state index in [1.54, 1.807) is 5.20 Å². The number of hydrogen-bond acceptors (Lipinski definition) is 0. The number of allylic oxidation sites excluding steroid dienone is 4. The monoisotopic (exact) mass is 700 g/mol. The average molecular weight is 702 g/mol. The van der Waals surface area contributed by atoms with Crippen LogP contribution in [0.25, 0.3) is 0 Å².